The van der Waals surface area contributed by atoms with E-state index in [1.165, 1.54) is 0 Å². The number of rotatable bonds is 3. The van der Waals surface area contributed by atoms with Crippen LogP contribution in [0.1, 0.15) is 11.4 Å². The quantitative estimate of drug-likeness (QED) is 0.491. The Balaban J connectivity index is 2.48. The van der Waals surface area contributed by atoms with Crippen LogP contribution in [-0.2, 0) is 0 Å². The zero-order chi connectivity index (χ0) is 14.9. The van der Waals surface area contributed by atoms with Crippen molar-refractivity contribution >= 4 is 17.3 Å². The monoisotopic (exact) mass is 297 g/mol. The summed E-state index contributed by atoms with van der Waals surface area (Å²) in [4.78, 5) is 18.1. The summed E-state index contributed by atoms with van der Waals surface area (Å²) in [5.74, 6) is -0.385. The van der Waals surface area contributed by atoms with E-state index < -0.39 is 16.4 Å². The molecule has 8 heteroatoms. The van der Waals surface area contributed by atoms with Crippen molar-refractivity contribution in [3.8, 4) is 11.6 Å². The summed E-state index contributed by atoms with van der Waals surface area (Å²) in [6, 6.07) is 3.01. The van der Waals surface area contributed by atoms with Crippen molar-refractivity contribution in [2.75, 3.05) is 0 Å². The summed E-state index contributed by atoms with van der Waals surface area (Å²) in [6.45, 7) is 3.23. The number of hydrogen-bond acceptors (Lipinski definition) is 5. The molecule has 0 aliphatic rings. The second-order valence-corrected chi connectivity index (χ2v) is 4.32. The molecule has 2 aromatic rings. The Morgan fingerprint density at radius 2 is 2.05 bits per heavy atom. The predicted octanol–water partition coefficient (Wildman–Crippen LogP) is 3.59. The molecule has 2 rings (SSSR count). The van der Waals surface area contributed by atoms with E-state index in [-0.39, 0.29) is 16.8 Å². The Kier molecular flexibility index (Phi) is 3.80. The number of nitro groups is 1. The van der Waals surface area contributed by atoms with Gasteiger partial charge in [-0.2, -0.15) is 4.98 Å². The third-order valence-corrected chi connectivity index (χ3v) is 2.85. The normalized spacial score (nSPS) is 10.4. The number of aryl methyl sites for hydroxylation is 1. The van der Waals surface area contributed by atoms with Crippen LogP contribution in [0.3, 0.4) is 0 Å². The van der Waals surface area contributed by atoms with Crippen molar-refractivity contribution in [2.45, 2.75) is 13.8 Å². The summed E-state index contributed by atoms with van der Waals surface area (Å²) in [5.41, 5.74) is -0.0484. The van der Waals surface area contributed by atoms with E-state index in [4.69, 9.17) is 16.3 Å². The minimum absolute atomic E-state index is 0.0946. The van der Waals surface area contributed by atoms with Crippen molar-refractivity contribution < 1.29 is 14.1 Å². The third-order valence-electron chi connectivity index (χ3n) is 2.48. The lowest BCUT2D eigenvalue weighted by Crippen LogP contribution is -2.00. The lowest BCUT2D eigenvalue weighted by Gasteiger charge is -2.09. The van der Waals surface area contributed by atoms with Crippen LogP contribution < -0.4 is 4.74 Å². The number of nitrogens with zero attached hydrogens (tertiary/aromatic N) is 3. The first kappa shape index (κ1) is 14.1. The molecule has 1 aromatic heterocycles. The summed E-state index contributed by atoms with van der Waals surface area (Å²) >= 11 is 5.89. The molecule has 1 aromatic carbocycles. The fraction of sp³-hybridized carbons (Fsp3) is 0.167. The molecule has 0 aliphatic heterocycles. The van der Waals surface area contributed by atoms with E-state index in [0.717, 1.165) is 18.2 Å². The second kappa shape index (κ2) is 5.38. The van der Waals surface area contributed by atoms with Gasteiger partial charge in [0.1, 0.15) is 16.8 Å². The molecular weight excluding hydrogens is 289 g/mol. The van der Waals surface area contributed by atoms with Crippen LogP contribution >= 0.6 is 11.6 Å². The first-order chi connectivity index (χ1) is 9.38. The minimum atomic E-state index is -0.733. The van der Waals surface area contributed by atoms with E-state index >= 15 is 0 Å². The Bertz CT molecular complexity index is 694. The van der Waals surface area contributed by atoms with Gasteiger partial charge in [-0.25, -0.2) is 9.37 Å². The van der Waals surface area contributed by atoms with E-state index in [0.29, 0.717) is 11.4 Å². The fourth-order valence-electron chi connectivity index (χ4n) is 1.49. The Hall–Kier alpha value is -2.28. The highest BCUT2D eigenvalue weighted by atomic mass is 35.5. The highest BCUT2D eigenvalue weighted by Gasteiger charge is 2.19. The molecule has 0 fully saturated rings. The molecule has 20 heavy (non-hydrogen) atoms. The third kappa shape index (κ3) is 2.83. The minimum Gasteiger partial charge on any atom is -0.431 e. The fourth-order valence-corrected chi connectivity index (χ4v) is 1.70. The first-order valence-electron chi connectivity index (χ1n) is 5.51. The number of halogens is 2. The molecule has 0 unspecified atom stereocenters. The van der Waals surface area contributed by atoms with Crippen LogP contribution in [-0.4, -0.2) is 14.9 Å². The average Bonchev–Trinajstić information content (AvgIpc) is 2.37. The number of aromatic nitrogens is 2. The molecule has 104 valence electrons. The zero-order valence-electron chi connectivity index (χ0n) is 10.6. The van der Waals surface area contributed by atoms with Crippen LogP contribution in [0.5, 0.6) is 11.6 Å². The molecule has 0 saturated heterocycles. The zero-order valence-corrected chi connectivity index (χ0v) is 11.3. The van der Waals surface area contributed by atoms with Gasteiger partial charge in [0.2, 0.25) is 11.6 Å². The van der Waals surface area contributed by atoms with Gasteiger partial charge in [-0.1, -0.05) is 11.6 Å². The van der Waals surface area contributed by atoms with Crippen LogP contribution in [0.25, 0.3) is 0 Å². The number of nitro benzene ring substituents is 1. The maximum Gasteiger partial charge on any atom is 0.314 e. The highest BCUT2D eigenvalue weighted by molar-refractivity contribution is 6.30. The Labute approximate surface area is 118 Å². The Morgan fingerprint density at radius 3 is 2.70 bits per heavy atom. The van der Waals surface area contributed by atoms with Gasteiger partial charge in [0.15, 0.2) is 0 Å². The van der Waals surface area contributed by atoms with Gasteiger partial charge in [0.25, 0.3) is 0 Å². The van der Waals surface area contributed by atoms with Crippen molar-refractivity contribution in [1.29, 1.82) is 0 Å². The van der Waals surface area contributed by atoms with Gasteiger partial charge in [0, 0.05) is 5.56 Å². The average molecular weight is 298 g/mol. The molecule has 6 nitrogen and oxygen atoms in total. The van der Waals surface area contributed by atoms with Gasteiger partial charge >= 0.3 is 5.69 Å². The molecule has 0 N–H and O–H groups in total. The summed E-state index contributed by atoms with van der Waals surface area (Å²) in [7, 11) is 0. The van der Waals surface area contributed by atoms with E-state index in [1.54, 1.807) is 13.8 Å². The largest absolute Gasteiger partial charge is 0.431 e. The molecule has 0 amide bonds. The van der Waals surface area contributed by atoms with Crippen molar-refractivity contribution in [3.05, 3.63) is 50.7 Å². The highest BCUT2D eigenvalue weighted by Crippen LogP contribution is 2.33. The SMILES string of the molecule is Cc1nc(Cl)c(C)c(Oc2ccc(F)cc2[N+](=O)[O-])n1. The smallest absolute Gasteiger partial charge is 0.314 e. The standard InChI is InChI=1S/C12H9ClFN3O3/c1-6-11(13)15-7(2)16-12(6)20-10-4-3-8(14)5-9(10)17(18)19/h3-5H,1-2H3. The van der Waals surface area contributed by atoms with Crippen LogP contribution in [0.2, 0.25) is 5.15 Å². The molecule has 0 radical (unpaired) electrons. The number of hydrogen-bond donors (Lipinski definition) is 0. The summed E-state index contributed by atoms with van der Waals surface area (Å²) < 4.78 is 18.4. The van der Waals surface area contributed by atoms with Crippen molar-refractivity contribution in [1.82, 2.24) is 9.97 Å². The molecule has 0 bridgehead atoms. The lowest BCUT2D eigenvalue weighted by molar-refractivity contribution is -0.385. The van der Waals surface area contributed by atoms with Gasteiger partial charge in [0.05, 0.1) is 11.0 Å². The maximum absolute atomic E-state index is 13.0. The van der Waals surface area contributed by atoms with Crippen molar-refractivity contribution in [3.63, 3.8) is 0 Å². The van der Waals surface area contributed by atoms with Gasteiger partial charge < -0.3 is 4.74 Å². The van der Waals surface area contributed by atoms with Crippen LogP contribution in [0.15, 0.2) is 18.2 Å². The number of ether oxygens (including phenoxy) is 1. The van der Waals surface area contributed by atoms with Crippen molar-refractivity contribution in [2.24, 2.45) is 0 Å². The second-order valence-electron chi connectivity index (χ2n) is 3.96. The van der Waals surface area contributed by atoms with E-state index in [9.17, 15) is 14.5 Å². The predicted molar refractivity (Wildman–Crippen MR) is 69.6 cm³/mol. The molecule has 0 atom stereocenters. The first-order valence-corrected chi connectivity index (χ1v) is 5.89. The molecule has 0 saturated carbocycles. The van der Waals surface area contributed by atoms with E-state index in [2.05, 4.69) is 9.97 Å². The lowest BCUT2D eigenvalue weighted by atomic mass is 10.3. The maximum atomic E-state index is 13.0. The van der Waals surface area contributed by atoms with E-state index in [1.807, 2.05) is 0 Å². The number of benzene rings is 1. The Morgan fingerprint density at radius 1 is 1.35 bits per heavy atom. The molecule has 0 aliphatic carbocycles. The van der Waals surface area contributed by atoms with Gasteiger partial charge in [-0.15, -0.1) is 0 Å². The summed E-state index contributed by atoms with van der Waals surface area (Å²) in [6.07, 6.45) is 0. The molecular formula is C12H9ClFN3O3. The molecule has 1 heterocycles. The topological polar surface area (TPSA) is 78.2 Å². The molecule has 0 spiro atoms. The van der Waals surface area contributed by atoms with Crippen LogP contribution in [0, 0.1) is 29.8 Å². The van der Waals surface area contributed by atoms with Crippen LogP contribution in [0.4, 0.5) is 10.1 Å². The van der Waals surface area contributed by atoms with Gasteiger partial charge in [-0.05, 0) is 26.0 Å². The van der Waals surface area contributed by atoms with Gasteiger partial charge in [-0.3, -0.25) is 10.1 Å². The summed E-state index contributed by atoms with van der Waals surface area (Å²) in [5, 5.41) is 11.1.